The molecule has 1 amide bonds. The summed E-state index contributed by atoms with van der Waals surface area (Å²) in [6.07, 6.45) is 4.79. The van der Waals surface area contributed by atoms with Crippen LogP contribution in [0.3, 0.4) is 0 Å². The van der Waals surface area contributed by atoms with E-state index >= 15 is 0 Å². The van der Waals surface area contributed by atoms with E-state index in [0.29, 0.717) is 11.4 Å². The molecule has 27 heavy (non-hydrogen) atoms. The lowest BCUT2D eigenvalue weighted by atomic mass is 10.1. The standard InChI is InChI=1S/C19H15F3N4O/c20-19(21,22)16-3-1-2-14(10-16)5-7-18(27)25-12-15-4-6-17(24-11-15)26-9-8-23-13-26/h1-11,13H,12H2,(H,25,27)/b7-5+. The molecule has 0 bridgehead atoms. The van der Waals surface area contributed by atoms with Gasteiger partial charge in [0.15, 0.2) is 0 Å². The molecule has 8 heteroatoms. The molecular formula is C19H15F3N4O. The van der Waals surface area contributed by atoms with Gasteiger partial charge in [-0.1, -0.05) is 18.2 Å². The van der Waals surface area contributed by atoms with E-state index in [0.717, 1.165) is 17.7 Å². The Morgan fingerprint density at radius 3 is 2.74 bits per heavy atom. The molecule has 0 unspecified atom stereocenters. The lowest BCUT2D eigenvalue weighted by molar-refractivity contribution is -0.137. The number of carbonyl (C=O) groups is 1. The number of pyridine rings is 1. The second-order valence-electron chi connectivity index (χ2n) is 5.67. The summed E-state index contributed by atoms with van der Waals surface area (Å²) in [5.74, 6) is 0.290. The lowest BCUT2D eigenvalue weighted by Crippen LogP contribution is -2.20. The van der Waals surface area contributed by atoms with E-state index in [1.807, 2.05) is 6.07 Å². The van der Waals surface area contributed by atoms with Crippen molar-refractivity contribution < 1.29 is 18.0 Å². The Labute approximate surface area is 153 Å². The van der Waals surface area contributed by atoms with Crippen molar-refractivity contribution in [2.75, 3.05) is 0 Å². The predicted molar refractivity (Wildman–Crippen MR) is 93.7 cm³/mol. The van der Waals surface area contributed by atoms with Crippen LogP contribution in [0.2, 0.25) is 0 Å². The molecule has 0 saturated heterocycles. The molecule has 0 aliphatic carbocycles. The normalized spacial score (nSPS) is 11.7. The van der Waals surface area contributed by atoms with Crippen molar-refractivity contribution >= 4 is 12.0 Å². The molecular weight excluding hydrogens is 357 g/mol. The number of aromatic nitrogens is 3. The van der Waals surface area contributed by atoms with Crippen LogP contribution in [-0.2, 0) is 17.5 Å². The molecule has 1 N–H and O–H groups in total. The highest BCUT2D eigenvalue weighted by Crippen LogP contribution is 2.29. The highest BCUT2D eigenvalue weighted by molar-refractivity contribution is 5.91. The van der Waals surface area contributed by atoms with Gasteiger partial charge in [-0.25, -0.2) is 9.97 Å². The van der Waals surface area contributed by atoms with E-state index in [1.165, 1.54) is 24.3 Å². The third-order valence-electron chi connectivity index (χ3n) is 3.69. The van der Waals surface area contributed by atoms with Crippen molar-refractivity contribution in [2.24, 2.45) is 0 Å². The van der Waals surface area contributed by atoms with Crippen LogP contribution in [0.15, 0.2) is 67.4 Å². The fraction of sp³-hybridized carbons (Fsp3) is 0.105. The van der Waals surface area contributed by atoms with Crippen LogP contribution in [0.5, 0.6) is 0 Å². The zero-order valence-electron chi connectivity index (χ0n) is 14.0. The largest absolute Gasteiger partial charge is 0.416 e. The van der Waals surface area contributed by atoms with Crippen molar-refractivity contribution in [2.45, 2.75) is 12.7 Å². The minimum Gasteiger partial charge on any atom is -0.348 e. The maximum atomic E-state index is 12.7. The van der Waals surface area contributed by atoms with E-state index in [1.54, 1.807) is 35.6 Å². The van der Waals surface area contributed by atoms with E-state index < -0.39 is 17.6 Å². The first-order valence-electron chi connectivity index (χ1n) is 7.98. The van der Waals surface area contributed by atoms with Gasteiger partial charge in [-0.15, -0.1) is 0 Å². The first-order chi connectivity index (χ1) is 12.9. The van der Waals surface area contributed by atoms with Gasteiger partial charge in [0.1, 0.15) is 12.1 Å². The number of benzene rings is 1. The number of hydrogen-bond donors (Lipinski definition) is 1. The number of carbonyl (C=O) groups excluding carboxylic acids is 1. The number of halogens is 3. The van der Waals surface area contributed by atoms with Crippen molar-refractivity contribution in [3.05, 3.63) is 84.1 Å². The van der Waals surface area contributed by atoms with Gasteiger partial charge in [0, 0.05) is 31.2 Å². The molecule has 5 nitrogen and oxygen atoms in total. The molecule has 0 saturated carbocycles. The van der Waals surface area contributed by atoms with Gasteiger partial charge in [0.25, 0.3) is 0 Å². The second-order valence-corrected chi connectivity index (χ2v) is 5.67. The average Bonchev–Trinajstić information content (AvgIpc) is 3.19. The summed E-state index contributed by atoms with van der Waals surface area (Å²) in [6.45, 7) is 0.253. The van der Waals surface area contributed by atoms with E-state index in [9.17, 15) is 18.0 Å². The van der Waals surface area contributed by atoms with Gasteiger partial charge in [-0.2, -0.15) is 13.2 Å². The number of alkyl halides is 3. The minimum absolute atomic E-state index is 0.253. The monoisotopic (exact) mass is 372 g/mol. The molecule has 138 valence electrons. The van der Waals surface area contributed by atoms with Crippen LogP contribution < -0.4 is 5.32 Å². The fourth-order valence-electron chi connectivity index (χ4n) is 2.31. The van der Waals surface area contributed by atoms with Gasteiger partial charge >= 0.3 is 6.18 Å². The molecule has 0 atom stereocenters. The fourth-order valence-corrected chi connectivity index (χ4v) is 2.31. The average molecular weight is 372 g/mol. The number of amides is 1. The summed E-state index contributed by atoms with van der Waals surface area (Å²) in [5.41, 5.74) is 0.333. The van der Waals surface area contributed by atoms with Gasteiger partial charge in [-0.3, -0.25) is 9.36 Å². The summed E-state index contributed by atoms with van der Waals surface area (Å²) in [4.78, 5) is 20.1. The van der Waals surface area contributed by atoms with Crippen molar-refractivity contribution in [3.8, 4) is 5.82 Å². The number of hydrogen-bond acceptors (Lipinski definition) is 3. The van der Waals surface area contributed by atoms with E-state index in [2.05, 4.69) is 15.3 Å². The van der Waals surface area contributed by atoms with E-state index in [4.69, 9.17) is 0 Å². The predicted octanol–water partition coefficient (Wildman–Crippen LogP) is 3.62. The Bertz CT molecular complexity index is 932. The summed E-state index contributed by atoms with van der Waals surface area (Å²) < 4.78 is 39.8. The van der Waals surface area contributed by atoms with Crippen LogP contribution in [0.1, 0.15) is 16.7 Å². The second kappa shape index (κ2) is 7.86. The number of imidazole rings is 1. The Morgan fingerprint density at radius 1 is 1.22 bits per heavy atom. The molecule has 3 rings (SSSR count). The van der Waals surface area contributed by atoms with Gasteiger partial charge < -0.3 is 5.32 Å². The smallest absolute Gasteiger partial charge is 0.348 e. The Balaban J connectivity index is 1.56. The maximum absolute atomic E-state index is 12.7. The van der Waals surface area contributed by atoms with Gasteiger partial charge in [0.2, 0.25) is 5.91 Å². The van der Waals surface area contributed by atoms with Crippen molar-refractivity contribution in [3.63, 3.8) is 0 Å². The first kappa shape index (κ1) is 18.4. The van der Waals surface area contributed by atoms with Crippen LogP contribution in [0.4, 0.5) is 13.2 Å². The summed E-state index contributed by atoms with van der Waals surface area (Å²) >= 11 is 0. The molecule has 2 heterocycles. The minimum atomic E-state index is -4.41. The third kappa shape index (κ3) is 5.04. The molecule has 2 aromatic heterocycles. The third-order valence-corrected chi connectivity index (χ3v) is 3.69. The van der Waals surface area contributed by atoms with E-state index in [-0.39, 0.29) is 6.54 Å². The number of nitrogens with one attached hydrogen (secondary N) is 1. The molecule has 0 radical (unpaired) electrons. The van der Waals surface area contributed by atoms with Crippen molar-refractivity contribution in [1.82, 2.24) is 19.9 Å². The van der Waals surface area contributed by atoms with Gasteiger partial charge in [0.05, 0.1) is 5.56 Å². The summed E-state index contributed by atoms with van der Waals surface area (Å²) in [6, 6.07) is 8.38. The zero-order valence-corrected chi connectivity index (χ0v) is 14.0. The molecule has 0 fully saturated rings. The molecule has 3 aromatic rings. The first-order valence-corrected chi connectivity index (χ1v) is 7.98. The Hall–Kier alpha value is -3.42. The topological polar surface area (TPSA) is 59.8 Å². The molecule has 0 aliphatic rings. The van der Waals surface area contributed by atoms with Crippen LogP contribution >= 0.6 is 0 Å². The number of nitrogens with zero attached hydrogens (tertiary/aromatic N) is 3. The Kier molecular flexibility index (Phi) is 5.35. The highest BCUT2D eigenvalue weighted by atomic mass is 19.4. The molecule has 0 aliphatic heterocycles. The van der Waals surface area contributed by atoms with Crippen molar-refractivity contribution in [1.29, 1.82) is 0 Å². The number of rotatable bonds is 5. The zero-order chi connectivity index (χ0) is 19.3. The van der Waals surface area contributed by atoms with Gasteiger partial charge in [-0.05, 0) is 35.4 Å². The maximum Gasteiger partial charge on any atom is 0.416 e. The Morgan fingerprint density at radius 2 is 2.07 bits per heavy atom. The lowest BCUT2D eigenvalue weighted by Gasteiger charge is -2.07. The van der Waals surface area contributed by atoms with Crippen LogP contribution in [-0.4, -0.2) is 20.4 Å². The quantitative estimate of drug-likeness (QED) is 0.696. The summed E-state index contributed by atoms with van der Waals surface area (Å²) in [7, 11) is 0. The SMILES string of the molecule is O=C(/C=C/c1cccc(C(F)(F)F)c1)NCc1ccc(-n2ccnc2)nc1. The highest BCUT2D eigenvalue weighted by Gasteiger charge is 2.30. The molecule has 0 spiro atoms. The summed E-state index contributed by atoms with van der Waals surface area (Å²) in [5, 5.41) is 2.66. The van der Waals surface area contributed by atoms with Crippen LogP contribution in [0, 0.1) is 0 Å². The molecule has 1 aromatic carbocycles. The van der Waals surface area contributed by atoms with Crippen LogP contribution in [0.25, 0.3) is 11.9 Å².